The molecule has 0 radical (unpaired) electrons. The fourth-order valence-electron chi connectivity index (χ4n) is 2.44. The molecule has 0 saturated heterocycles. The van der Waals surface area contributed by atoms with Crippen molar-refractivity contribution in [2.24, 2.45) is 5.73 Å². The molecule has 0 aliphatic heterocycles. The molecule has 0 bridgehead atoms. The number of nitrogens with two attached hydrogens (primary N) is 1. The summed E-state index contributed by atoms with van der Waals surface area (Å²) in [5, 5.41) is 0. The lowest BCUT2D eigenvalue weighted by Crippen LogP contribution is -2.33. The fraction of sp³-hybridized carbons (Fsp3) is 0.333. The van der Waals surface area contributed by atoms with Gasteiger partial charge in [0.15, 0.2) is 0 Å². The molecule has 2 heteroatoms. The monoisotopic (exact) mass is 271 g/mol. The molecular formula is C18H22FN. The van der Waals surface area contributed by atoms with Crippen LogP contribution in [-0.2, 0) is 11.8 Å². The fourth-order valence-corrected chi connectivity index (χ4v) is 2.44. The molecule has 0 heterocycles. The van der Waals surface area contributed by atoms with E-state index in [0.717, 1.165) is 17.5 Å². The molecule has 20 heavy (non-hydrogen) atoms. The molecule has 1 unspecified atom stereocenters. The number of halogens is 1. The maximum Gasteiger partial charge on any atom is 0.123 e. The second-order valence-corrected chi connectivity index (χ2v) is 5.80. The highest BCUT2D eigenvalue weighted by atomic mass is 19.1. The third kappa shape index (κ3) is 2.91. The summed E-state index contributed by atoms with van der Waals surface area (Å²) in [6.45, 7) is 6.33. The number of benzene rings is 2. The van der Waals surface area contributed by atoms with Gasteiger partial charge < -0.3 is 5.73 Å². The van der Waals surface area contributed by atoms with Crippen molar-refractivity contribution in [3.05, 3.63) is 71.0 Å². The Hall–Kier alpha value is -1.67. The summed E-state index contributed by atoms with van der Waals surface area (Å²) in [5.74, 6) is -0.217. The molecule has 0 aliphatic rings. The Morgan fingerprint density at radius 1 is 1.00 bits per heavy atom. The Morgan fingerprint density at radius 3 is 2.05 bits per heavy atom. The highest BCUT2D eigenvalue weighted by molar-refractivity contribution is 5.33. The molecule has 0 fully saturated rings. The standard InChI is InChI=1S/C18H22FN/c1-4-13-5-7-14(8-6-13)17(20)18(2,3)15-9-11-16(19)12-10-15/h5-12,17H,4,20H2,1-3H3. The number of aryl methyl sites for hydroxylation is 1. The van der Waals surface area contributed by atoms with Crippen molar-refractivity contribution in [3.8, 4) is 0 Å². The van der Waals surface area contributed by atoms with Crippen LogP contribution >= 0.6 is 0 Å². The molecule has 0 aliphatic carbocycles. The Bertz CT molecular complexity index is 555. The topological polar surface area (TPSA) is 26.0 Å². The van der Waals surface area contributed by atoms with Crippen LogP contribution in [0, 0.1) is 5.82 Å². The molecular weight excluding hydrogens is 249 g/mol. The molecule has 2 aromatic rings. The van der Waals surface area contributed by atoms with E-state index in [9.17, 15) is 4.39 Å². The Balaban J connectivity index is 2.29. The number of hydrogen-bond acceptors (Lipinski definition) is 1. The molecule has 2 N–H and O–H groups in total. The third-order valence-electron chi connectivity index (χ3n) is 4.11. The predicted molar refractivity (Wildman–Crippen MR) is 82.2 cm³/mol. The van der Waals surface area contributed by atoms with E-state index in [1.807, 2.05) is 12.1 Å². The highest BCUT2D eigenvalue weighted by Gasteiger charge is 2.29. The van der Waals surface area contributed by atoms with Crippen LogP contribution in [0.25, 0.3) is 0 Å². The van der Waals surface area contributed by atoms with E-state index in [4.69, 9.17) is 5.73 Å². The number of hydrogen-bond donors (Lipinski definition) is 1. The first-order chi connectivity index (χ1) is 9.45. The largest absolute Gasteiger partial charge is 0.323 e. The molecule has 0 saturated carbocycles. The van der Waals surface area contributed by atoms with Gasteiger partial charge in [0.05, 0.1) is 0 Å². The smallest absolute Gasteiger partial charge is 0.123 e. The van der Waals surface area contributed by atoms with Crippen molar-refractivity contribution in [2.75, 3.05) is 0 Å². The van der Waals surface area contributed by atoms with E-state index in [2.05, 4.69) is 45.0 Å². The van der Waals surface area contributed by atoms with Crippen LogP contribution in [0.1, 0.15) is 43.5 Å². The maximum atomic E-state index is 13.1. The van der Waals surface area contributed by atoms with Crippen LogP contribution < -0.4 is 5.73 Å². The van der Waals surface area contributed by atoms with E-state index in [0.29, 0.717) is 0 Å². The quantitative estimate of drug-likeness (QED) is 0.878. The van der Waals surface area contributed by atoms with Crippen LogP contribution in [0.2, 0.25) is 0 Å². The second kappa shape index (κ2) is 5.76. The molecule has 2 rings (SSSR count). The summed E-state index contributed by atoms with van der Waals surface area (Å²) in [5.41, 5.74) is 9.65. The van der Waals surface area contributed by atoms with Gasteiger partial charge in [0, 0.05) is 11.5 Å². The first kappa shape index (κ1) is 14.7. The average Bonchev–Trinajstić information content (AvgIpc) is 2.47. The molecule has 106 valence electrons. The minimum absolute atomic E-state index is 0.126. The van der Waals surface area contributed by atoms with Crippen molar-refractivity contribution in [1.29, 1.82) is 0 Å². The van der Waals surface area contributed by atoms with E-state index in [-0.39, 0.29) is 17.3 Å². The first-order valence-electron chi connectivity index (χ1n) is 7.05. The van der Waals surface area contributed by atoms with Crippen LogP contribution in [0.5, 0.6) is 0 Å². The lowest BCUT2D eigenvalue weighted by Gasteiger charge is -2.32. The predicted octanol–water partition coefficient (Wildman–Crippen LogP) is 4.37. The Kier molecular flexibility index (Phi) is 4.24. The first-order valence-corrected chi connectivity index (χ1v) is 7.05. The van der Waals surface area contributed by atoms with Crippen molar-refractivity contribution in [2.45, 2.75) is 38.6 Å². The second-order valence-electron chi connectivity index (χ2n) is 5.80. The van der Waals surface area contributed by atoms with Gasteiger partial charge in [-0.15, -0.1) is 0 Å². The van der Waals surface area contributed by atoms with E-state index >= 15 is 0 Å². The van der Waals surface area contributed by atoms with Crippen molar-refractivity contribution in [1.82, 2.24) is 0 Å². The van der Waals surface area contributed by atoms with Gasteiger partial charge in [-0.05, 0) is 35.2 Å². The van der Waals surface area contributed by atoms with E-state index in [1.165, 1.54) is 17.7 Å². The molecule has 0 spiro atoms. The van der Waals surface area contributed by atoms with E-state index in [1.54, 1.807) is 0 Å². The van der Waals surface area contributed by atoms with Crippen molar-refractivity contribution in [3.63, 3.8) is 0 Å². The van der Waals surface area contributed by atoms with Gasteiger partial charge in [0.1, 0.15) is 5.82 Å². The summed E-state index contributed by atoms with van der Waals surface area (Å²) in [6.07, 6.45) is 1.02. The molecule has 2 aromatic carbocycles. The van der Waals surface area contributed by atoms with Gasteiger partial charge in [0.25, 0.3) is 0 Å². The zero-order chi connectivity index (χ0) is 14.8. The van der Waals surface area contributed by atoms with Gasteiger partial charge in [-0.3, -0.25) is 0 Å². The van der Waals surface area contributed by atoms with Crippen LogP contribution in [0.4, 0.5) is 4.39 Å². The normalized spacial score (nSPS) is 13.2. The SMILES string of the molecule is CCc1ccc(C(N)C(C)(C)c2ccc(F)cc2)cc1. The van der Waals surface area contributed by atoms with Crippen molar-refractivity contribution >= 4 is 0 Å². The van der Waals surface area contributed by atoms with Crippen LogP contribution in [-0.4, -0.2) is 0 Å². The van der Waals surface area contributed by atoms with Crippen LogP contribution in [0.3, 0.4) is 0 Å². The van der Waals surface area contributed by atoms with Gasteiger partial charge in [-0.2, -0.15) is 0 Å². The zero-order valence-electron chi connectivity index (χ0n) is 12.4. The molecule has 0 aromatic heterocycles. The van der Waals surface area contributed by atoms with Crippen molar-refractivity contribution < 1.29 is 4.39 Å². The summed E-state index contributed by atoms with van der Waals surface area (Å²) < 4.78 is 13.1. The number of rotatable bonds is 4. The lowest BCUT2D eigenvalue weighted by molar-refractivity contribution is 0.420. The third-order valence-corrected chi connectivity index (χ3v) is 4.11. The average molecular weight is 271 g/mol. The summed E-state index contributed by atoms with van der Waals surface area (Å²) >= 11 is 0. The summed E-state index contributed by atoms with van der Waals surface area (Å²) in [7, 11) is 0. The minimum atomic E-state index is -0.249. The van der Waals surface area contributed by atoms with Gasteiger partial charge in [0.2, 0.25) is 0 Å². The van der Waals surface area contributed by atoms with Gasteiger partial charge in [-0.25, -0.2) is 4.39 Å². The zero-order valence-corrected chi connectivity index (χ0v) is 12.4. The molecule has 1 atom stereocenters. The highest BCUT2D eigenvalue weighted by Crippen LogP contribution is 2.35. The van der Waals surface area contributed by atoms with Crippen LogP contribution in [0.15, 0.2) is 48.5 Å². The van der Waals surface area contributed by atoms with E-state index < -0.39 is 0 Å². The maximum absolute atomic E-state index is 13.1. The summed E-state index contributed by atoms with van der Waals surface area (Å²) in [4.78, 5) is 0. The van der Waals surface area contributed by atoms with Gasteiger partial charge in [-0.1, -0.05) is 57.2 Å². The summed E-state index contributed by atoms with van der Waals surface area (Å²) in [6, 6.07) is 14.9. The lowest BCUT2D eigenvalue weighted by atomic mass is 9.75. The molecule has 0 amide bonds. The minimum Gasteiger partial charge on any atom is -0.323 e. The Morgan fingerprint density at radius 2 is 1.55 bits per heavy atom. The molecule has 1 nitrogen and oxygen atoms in total. The Labute approximate surface area is 120 Å². The van der Waals surface area contributed by atoms with Gasteiger partial charge >= 0.3 is 0 Å².